The topological polar surface area (TPSA) is 23.5 Å². The van der Waals surface area contributed by atoms with Crippen LogP contribution in [-0.2, 0) is 0 Å². The molecule has 92 valence electrons. The van der Waals surface area contributed by atoms with Crippen molar-refractivity contribution in [3.05, 3.63) is 0 Å². The number of hydrogen-bond donors (Lipinski definition) is 1. The fourth-order valence-electron chi connectivity index (χ4n) is 2.17. The van der Waals surface area contributed by atoms with Gasteiger partial charge in [-0.15, -0.1) is 0 Å². The van der Waals surface area contributed by atoms with Gasteiger partial charge in [-0.05, 0) is 38.8 Å². The van der Waals surface area contributed by atoms with Gasteiger partial charge in [0.2, 0.25) is 0 Å². The molecule has 0 rings (SSSR count). The van der Waals surface area contributed by atoms with E-state index in [2.05, 4.69) is 39.5 Å². The van der Waals surface area contributed by atoms with E-state index in [0.717, 1.165) is 32.4 Å². The summed E-state index contributed by atoms with van der Waals surface area (Å²) in [5.74, 6) is 0.542. The van der Waals surface area contributed by atoms with E-state index < -0.39 is 0 Å². The van der Waals surface area contributed by atoms with Gasteiger partial charge in [0.25, 0.3) is 0 Å². The average Bonchev–Trinajstić information content (AvgIpc) is 2.26. The molecule has 1 N–H and O–H groups in total. The molecule has 0 saturated heterocycles. The summed E-state index contributed by atoms with van der Waals surface area (Å²) in [6.45, 7) is 13.5. The van der Waals surface area contributed by atoms with Gasteiger partial charge in [-0.25, -0.2) is 0 Å². The largest absolute Gasteiger partial charge is 0.394 e. The summed E-state index contributed by atoms with van der Waals surface area (Å²) in [6.07, 6.45) is 3.44. The Hall–Kier alpha value is -0.0800. The molecular formula is C13H29NO. The predicted octanol–water partition coefficient (Wildman–Crippen LogP) is 2.91. The van der Waals surface area contributed by atoms with Crippen molar-refractivity contribution < 1.29 is 5.11 Å². The van der Waals surface area contributed by atoms with Crippen LogP contribution in [-0.4, -0.2) is 35.2 Å². The highest BCUT2D eigenvalue weighted by Crippen LogP contribution is 2.27. The molecule has 0 radical (unpaired) electrons. The van der Waals surface area contributed by atoms with Gasteiger partial charge in [0.05, 0.1) is 6.61 Å². The summed E-state index contributed by atoms with van der Waals surface area (Å²) < 4.78 is 0. The van der Waals surface area contributed by atoms with Crippen molar-refractivity contribution in [1.82, 2.24) is 4.90 Å². The lowest BCUT2D eigenvalue weighted by atomic mass is 9.83. The van der Waals surface area contributed by atoms with Crippen molar-refractivity contribution in [1.29, 1.82) is 0 Å². The molecule has 0 aromatic rings. The molecule has 0 aliphatic heterocycles. The Morgan fingerprint density at radius 2 is 1.60 bits per heavy atom. The van der Waals surface area contributed by atoms with Gasteiger partial charge in [0, 0.05) is 5.54 Å². The van der Waals surface area contributed by atoms with Crippen LogP contribution in [0.25, 0.3) is 0 Å². The Kier molecular flexibility index (Phi) is 7.20. The fourth-order valence-corrected chi connectivity index (χ4v) is 2.17. The third kappa shape index (κ3) is 3.76. The summed E-state index contributed by atoms with van der Waals surface area (Å²) in [5, 5.41) is 9.67. The highest BCUT2D eigenvalue weighted by molar-refractivity contribution is 4.89. The molecule has 0 spiro atoms. The summed E-state index contributed by atoms with van der Waals surface area (Å²) in [4.78, 5) is 2.46. The molecule has 2 atom stereocenters. The molecule has 0 fully saturated rings. The molecule has 0 heterocycles. The van der Waals surface area contributed by atoms with Crippen LogP contribution < -0.4 is 0 Å². The van der Waals surface area contributed by atoms with Gasteiger partial charge >= 0.3 is 0 Å². The van der Waals surface area contributed by atoms with E-state index in [1.807, 2.05) is 0 Å². The van der Waals surface area contributed by atoms with Gasteiger partial charge in [0.1, 0.15) is 0 Å². The van der Waals surface area contributed by atoms with E-state index in [9.17, 15) is 5.11 Å². The van der Waals surface area contributed by atoms with E-state index >= 15 is 0 Å². The van der Waals surface area contributed by atoms with Gasteiger partial charge in [-0.2, -0.15) is 0 Å². The van der Waals surface area contributed by atoms with Crippen molar-refractivity contribution >= 4 is 0 Å². The molecule has 2 unspecified atom stereocenters. The van der Waals surface area contributed by atoms with Gasteiger partial charge < -0.3 is 5.11 Å². The molecule has 0 amide bonds. The monoisotopic (exact) mass is 215 g/mol. The first-order valence-corrected chi connectivity index (χ1v) is 6.42. The maximum absolute atomic E-state index is 9.67. The van der Waals surface area contributed by atoms with Crippen LogP contribution >= 0.6 is 0 Å². The summed E-state index contributed by atoms with van der Waals surface area (Å²) in [5.41, 5.74) is -0.0409. The van der Waals surface area contributed by atoms with Crippen LogP contribution in [0.2, 0.25) is 0 Å². The minimum atomic E-state index is -0.0409. The molecule has 0 aliphatic carbocycles. The standard InChI is InChI=1S/C13H29NO/c1-6-9-14(10-7-2)13(5,11-15)12(4)8-3/h12,15H,6-11H2,1-5H3. The Morgan fingerprint density at radius 1 is 1.13 bits per heavy atom. The second kappa shape index (κ2) is 7.24. The smallest absolute Gasteiger partial charge is 0.0615 e. The zero-order chi connectivity index (χ0) is 11.9. The molecule has 0 aromatic heterocycles. The van der Waals surface area contributed by atoms with Crippen LogP contribution in [0, 0.1) is 5.92 Å². The lowest BCUT2D eigenvalue weighted by Crippen LogP contribution is -2.54. The first-order valence-electron chi connectivity index (χ1n) is 6.42. The van der Waals surface area contributed by atoms with Crippen LogP contribution in [0.3, 0.4) is 0 Å². The van der Waals surface area contributed by atoms with E-state index in [0.29, 0.717) is 5.92 Å². The first kappa shape index (κ1) is 14.9. The quantitative estimate of drug-likeness (QED) is 0.673. The van der Waals surface area contributed by atoms with Gasteiger partial charge in [-0.3, -0.25) is 4.90 Å². The maximum Gasteiger partial charge on any atom is 0.0615 e. The summed E-state index contributed by atoms with van der Waals surface area (Å²) in [7, 11) is 0. The van der Waals surface area contributed by atoms with Crippen molar-refractivity contribution in [3.8, 4) is 0 Å². The molecule has 2 nitrogen and oxygen atoms in total. The summed E-state index contributed by atoms with van der Waals surface area (Å²) >= 11 is 0. The van der Waals surface area contributed by atoms with Crippen molar-refractivity contribution in [3.63, 3.8) is 0 Å². The Labute approximate surface area is 95.7 Å². The van der Waals surface area contributed by atoms with E-state index in [-0.39, 0.29) is 12.1 Å². The number of nitrogens with zero attached hydrogens (tertiary/aromatic N) is 1. The Morgan fingerprint density at radius 3 is 1.87 bits per heavy atom. The van der Waals surface area contributed by atoms with Gasteiger partial charge in [0.15, 0.2) is 0 Å². The van der Waals surface area contributed by atoms with Gasteiger partial charge in [-0.1, -0.05) is 34.1 Å². The normalized spacial score (nSPS) is 17.8. The van der Waals surface area contributed by atoms with E-state index in [1.54, 1.807) is 0 Å². The van der Waals surface area contributed by atoms with E-state index in [4.69, 9.17) is 0 Å². The molecule has 2 heteroatoms. The van der Waals surface area contributed by atoms with Crippen molar-refractivity contribution in [2.45, 2.75) is 59.4 Å². The van der Waals surface area contributed by atoms with Crippen molar-refractivity contribution in [2.75, 3.05) is 19.7 Å². The predicted molar refractivity (Wildman–Crippen MR) is 67.1 cm³/mol. The lowest BCUT2D eigenvalue weighted by molar-refractivity contribution is 0.00102. The Bertz CT molecular complexity index is 155. The fraction of sp³-hybridized carbons (Fsp3) is 1.00. The van der Waals surface area contributed by atoms with Crippen LogP contribution in [0.4, 0.5) is 0 Å². The Balaban J connectivity index is 4.67. The van der Waals surface area contributed by atoms with Crippen LogP contribution in [0.1, 0.15) is 53.9 Å². The van der Waals surface area contributed by atoms with Crippen LogP contribution in [0.5, 0.6) is 0 Å². The zero-order valence-corrected chi connectivity index (χ0v) is 11.2. The third-order valence-electron chi connectivity index (χ3n) is 3.70. The number of hydrogen-bond acceptors (Lipinski definition) is 2. The second-order valence-corrected chi connectivity index (χ2v) is 4.81. The molecule has 0 bridgehead atoms. The lowest BCUT2D eigenvalue weighted by Gasteiger charge is -2.44. The highest BCUT2D eigenvalue weighted by Gasteiger charge is 2.34. The number of aliphatic hydroxyl groups excluding tert-OH is 1. The minimum Gasteiger partial charge on any atom is -0.394 e. The SMILES string of the molecule is CCCN(CCC)C(C)(CO)C(C)CC. The highest BCUT2D eigenvalue weighted by atomic mass is 16.3. The molecule has 15 heavy (non-hydrogen) atoms. The number of rotatable bonds is 8. The third-order valence-corrected chi connectivity index (χ3v) is 3.70. The average molecular weight is 215 g/mol. The van der Waals surface area contributed by atoms with Crippen molar-refractivity contribution in [2.24, 2.45) is 5.92 Å². The number of aliphatic hydroxyl groups is 1. The zero-order valence-electron chi connectivity index (χ0n) is 11.2. The van der Waals surface area contributed by atoms with Crippen LogP contribution in [0.15, 0.2) is 0 Å². The molecule has 0 aromatic carbocycles. The summed E-state index contributed by atoms with van der Waals surface area (Å²) in [6, 6.07) is 0. The maximum atomic E-state index is 9.67. The molecular weight excluding hydrogens is 186 g/mol. The molecule has 0 aliphatic rings. The van der Waals surface area contributed by atoms with E-state index in [1.165, 1.54) is 0 Å². The first-order chi connectivity index (χ1) is 7.06. The molecule has 0 saturated carbocycles. The second-order valence-electron chi connectivity index (χ2n) is 4.81. The minimum absolute atomic E-state index is 0.0409.